The Balaban J connectivity index is 1.60. The summed E-state index contributed by atoms with van der Waals surface area (Å²) in [5.74, 6) is -1.68. The fraction of sp³-hybridized carbons (Fsp3) is 0.333. The molecule has 182 valence electrons. The highest BCUT2D eigenvalue weighted by molar-refractivity contribution is 8.04. The van der Waals surface area contributed by atoms with Crippen LogP contribution >= 0.6 is 0 Å². The third kappa shape index (κ3) is 6.80. The van der Waals surface area contributed by atoms with Crippen LogP contribution in [0.3, 0.4) is 0 Å². The van der Waals surface area contributed by atoms with Gasteiger partial charge >= 0.3 is 5.97 Å². The Morgan fingerprint density at radius 2 is 1.85 bits per heavy atom. The van der Waals surface area contributed by atoms with Crippen molar-refractivity contribution in [3.05, 3.63) is 82.7 Å². The van der Waals surface area contributed by atoms with E-state index in [9.17, 15) is 22.4 Å². The Morgan fingerprint density at radius 3 is 2.47 bits per heavy atom. The zero-order valence-corrected chi connectivity index (χ0v) is 19.7. The molecule has 2 N–H and O–H groups in total. The molecule has 0 spiro atoms. The second-order valence-electron chi connectivity index (χ2n) is 8.18. The van der Waals surface area contributed by atoms with Crippen LogP contribution < -0.4 is 4.72 Å². The quantitative estimate of drug-likeness (QED) is 0.547. The number of morpholine rings is 1. The number of rotatable bonds is 8. The lowest BCUT2D eigenvalue weighted by Gasteiger charge is -2.33. The van der Waals surface area contributed by atoms with E-state index in [1.165, 1.54) is 12.1 Å². The number of carbonyl (C=O) groups excluding carboxylic acids is 1. The van der Waals surface area contributed by atoms with E-state index in [-0.39, 0.29) is 17.5 Å². The van der Waals surface area contributed by atoms with Gasteiger partial charge in [-0.05, 0) is 42.7 Å². The van der Waals surface area contributed by atoms with Crippen LogP contribution in [0.1, 0.15) is 42.7 Å². The molecule has 2 aromatic rings. The van der Waals surface area contributed by atoms with Crippen LogP contribution in [-0.2, 0) is 30.9 Å². The number of carboxylic acids is 1. The molecule has 8 nitrogen and oxygen atoms in total. The molecule has 1 heterocycles. The predicted octanol–water partition coefficient (Wildman–Crippen LogP) is 2.94. The summed E-state index contributed by atoms with van der Waals surface area (Å²) >= 11 is 0. The van der Waals surface area contributed by atoms with Gasteiger partial charge in [-0.3, -0.25) is 9.69 Å². The highest BCUT2D eigenvalue weighted by atomic mass is 32.2. The third-order valence-electron chi connectivity index (χ3n) is 5.52. The van der Waals surface area contributed by atoms with E-state index in [1.54, 1.807) is 31.2 Å². The van der Waals surface area contributed by atoms with Gasteiger partial charge in [0.2, 0.25) is 0 Å². The summed E-state index contributed by atoms with van der Waals surface area (Å²) in [7, 11) is -4.39. The van der Waals surface area contributed by atoms with Gasteiger partial charge in [0.15, 0.2) is 0 Å². The van der Waals surface area contributed by atoms with E-state index < -0.39 is 27.1 Å². The van der Waals surface area contributed by atoms with Gasteiger partial charge in [-0.25, -0.2) is 22.3 Å². The molecule has 2 atom stereocenters. The molecule has 1 aliphatic rings. The molecule has 0 aromatic heterocycles. The number of carboxylic acid groups (broad SMARTS) is 1. The number of benzene rings is 2. The SMILES string of the molecule is C/C(=C/C(=O)O)C(=O)S(=O)(=O)N[C@H](C)c1ccc(CN2CCO[C@@H](c3ccc(F)cc3)C2)cc1. The molecule has 0 radical (unpaired) electrons. The van der Waals surface area contributed by atoms with Crippen molar-refractivity contribution in [2.24, 2.45) is 0 Å². The lowest BCUT2D eigenvalue weighted by molar-refractivity contribution is -0.131. The number of nitrogens with zero attached hydrogens (tertiary/aromatic N) is 1. The first-order chi connectivity index (χ1) is 16.0. The first kappa shape index (κ1) is 25.7. The number of hydrogen-bond acceptors (Lipinski definition) is 6. The van der Waals surface area contributed by atoms with E-state index in [1.807, 2.05) is 12.1 Å². The standard InChI is InChI=1S/C24H27FN2O6S/c1-16(13-23(28)29)24(30)34(31,32)26-17(2)19-5-3-18(4-6-19)14-27-11-12-33-22(15-27)20-7-9-21(25)10-8-20/h3-10,13,17,22,26H,11-12,14-15H2,1-2H3,(H,28,29)/b16-13-/t17-,22-/m1/s1. The summed E-state index contributed by atoms with van der Waals surface area (Å²) in [6.45, 7) is 5.38. The van der Waals surface area contributed by atoms with Gasteiger partial charge < -0.3 is 9.84 Å². The van der Waals surface area contributed by atoms with Gasteiger partial charge in [0.25, 0.3) is 15.1 Å². The van der Waals surface area contributed by atoms with Gasteiger partial charge in [0, 0.05) is 37.3 Å². The maximum atomic E-state index is 13.2. The summed E-state index contributed by atoms with van der Waals surface area (Å²) in [4.78, 5) is 25.0. The van der Waals surface area contributed by atoms with Gasteiger partial charge in [-0.15, -0.1) is 0 Å². The molecule has 10 heteroatoms. The summed E-state index contributed by atoms with van der Waals surface area (Å²) in [5, 5.41) is 7.44. The number of hydrogen-bond donors (Lipinski definition) is 2. The minimum Gasteiger partial charge on any atom is -0.478 e. The summed E-state index contributed by atoms with van der Waals surface area (Å²) in [6, 6.07) is 12.9. The predicted molar refractivity (Wildman–Crippen MR) is 124 cm³/mol. The number of sulfonamides is 1. The van der Waals surface area contributed by atoms with E-state index in [0.29, 0.717) is 31.3 Å². The number of carbonyl (C=O) groups is 2. The molecule has 2 aromatic carbocycles. The Hall–Kier alpha value is -2.92. The van der Waals surface area contributed by atoms with Crippen molar-refractivity contribution in [1.82, 2.24) is 9.62 Å². The number of ether oxygens (including phenoxy) is 1. The first-order valence-electron chi connectivity index (χ1n) is 10.7. The molecule has 0 bridgehead atoms. The van der Waals surface area contributed by atoms with Crippen molar-refractivity contribution in [3.8, 4) is 0 Å². The maximum absolute atomic E-state index is 13.2. The first-order valence-corrected chi connectivity index (χ1v) is 12.2. The number of halogens is 1. The van der Waals surface area contributed by atoms with Crippen molar-refractivity contribution in [2.75, 3.05) is 19.7 Å². The minimum atomic E-state index is -4.39. The molecule has 0 saturated carbocycles. The summed E-state index contributed by atoms with van der Waals surface area (Å²) in [6.07, 6.45) is 0.423. The third-order valence-corrected chi connectivity index (χ3v) is 6.99. The molecule has 0 amide bonds. The zero-order chi connectivity index (χ0) is 24.9. The monoisotopic (exact) mass is 490 g/mol. The minimum absolute atomic E-state index is 0.140. The van der Waals surface area contributed by atoms with Crippen LogP contribution in [-0.4, -0.2) is 49.2 Å². The molecule has 0 aliphatic carbocycles. The Morgan fingerprint density at radius 1 is 1.21 bits per heavy atom. The molecule has 1 saturated heterocycles. The Bertz CT molecular complexity index is 1160. The largest absolute Gasteiger partial charge is 0.478 e. The molecule has 34 heavy (non-hydrogen) atoms. The van der Waals surface area contributed by atoms with E-state index in [2.05, 4.69) is 9.62 Å². The van der Waals surface area contributed by atoms with Gasteiger partial charge in [-0.2, -0.15) is 0 Å². The van der Waals surface area contributed by atoms with Crippen molar-refractivity contribution < 1.29 is 32.2 Å². The second kappa shape index (κ2) is 11.0. The molecule has 3 rings (SSSR count). The topological polar surface area (TPSA) is 113 Å². The van der Waals surface area contributed by atoms with Crippen LogP contribution in [0.4, 0.5) is 4.39 Å². The smallest absolute Gasteiger partial charge is 0.328 e. The zero-order valence-electron chi connectivity index (χ0n) is 18.9. The summed E-state index contributed by atoms with van der Waals surface area (Å²) < 4.78 is 45.9. The average Bonchev–Trinajstić information content (AvgIpc) is 2.79. The molecule has 1 aliphatic heterocycles. The van der Waals surface area contributed by atoms with Crippen LogP contribution in [0.2, 0.25) is 0 Å². The van der Waals surface area contributed by atoms with Gasteiger partial charge in [0.1, 0.15) is 5.82 Å². The van der Waals surface area contributed by atoms with Crippen LogP contribution in [0, 0.1) is 5.82 Å². The van der Waals surface area contributed by atoms with E-state index in [0.717, 1.165) is 24.6 Å². The van der Waals surface area contributed by atoms with Crippen LogP contribution in [0.15, 0.2) is 60.2 Å². The molecule has 1 fully saturated rings. The summed E-state index contributed by atoms with van der Waals surface area (Å²) in [5.41, 5.74) is 2.22. The maximum Gasteiger partial charge on any atom is 0.328 e. The number of aliphatic carboxylic acids is 1. The van der Waals surface area contributed by atoms with Crippen LogP contribution in [0.5, 0.6) is 0 Å². The van der Waals surface area contributed by atoms with Crippen molar-refractivity contribution >= 4 is 21.1 Å². The second-order valence-corrected chi connectivity index (χ2v) is 9.80. The molecule has 0 unspecified atom stereocenters. The van der Waals surface area contributed by atoms with Crippen molar-refractivity contribution in [2.45, 2.75) is 32.5 Å². The Kier molecular flexibility index (Phi) is 8.32. The highest BCUT2D eigenvalue weighted by Gasteiger charge is 2.27. The molecular formula is C24H27FN2O6S. The lowest BCUT2D eigenvalue weighted by atomic mass is 10.1. The fourth-order valence-electron chi connectivity index (χ4n) is 3.71. The van der Waals surface area contributed by atoms with E-state index >= 15 is 0 Å². The fourth-order valence-corrected chi connectivity index (χ4v) is 4.90. The number of nitrogens with one attached hydrogen (secondary N) is 1. The van der Waals surface area contributed by atoms with Gasteiger partial charge in [-0.1, -0.05) is 36.4 Å². The normalized spacial score (nSPS) is 18.4. The van der Waals surface area contributed by atoms with E-state index in [4.69, 9.17) is 9.84 Å². The Labute approximate surface area is 198 Å². The molecular weight excluding hydrogens is 463 g/mol. The van der Waals surface area contributed by atoms with Crippen molar-refractivity contribution in [1.29, 1.82) is 0 Å². The van der Waals surface area contributed by atoms with Gasteiger partial charge in [0.05, 0.1) is 12.7 Å². The van der Waals surface area contributed by atoms with Crippen LogP contribution in [0.25, 0.3) is 0 Å². The lowest BCUT2D eigenvalue weighted by Crippen LogP contribution is -2.37. The highest BCUT2D eigenvalue weighted by Crippen LogP contribution is 2.24. The van der Waals surface area contributed by atoms with Crippen molar-refractivity contribution in [3.63, 3.8) is 0 Å². The average molecular weight is 491 g/mol.